The highest BCUT2D eigenvalue weighted by molar-refractivity contribution is 5.45. The third-order valence-corrected chi connectivity index (χ3v) is 3.81. The molecule has 152 valence electrons. The maximum atomic E-state index is 12.5. The van der Waals surface area contributed by atoms with Gasteiger partial charge in [0.2, 0.25) is 5.95 Å². The average Bonchev–Trinajstić information content (AvgIpc) is 2.92. The molecular formula is C19H30F3N5. The smallest absolute Gasteiger partial charge is 0.399 e. The predicted octanol–water partition coefficient (Wildman–Crippen LogP) is 4.00. The molecule has 2 aromatic rings. The maximum absolute atomic E-state index is 12.5. The lowest BCUT2D eigenvalue weighted by Crippen LogP contribution is -2.22. The van der Waals surface area contributed by atoms with Crippen LogP contribution >= 0.6 is 0 Å². The Kier molecular flexibility index (Phi) is 7.71. The van der Waals surface area contributed by atoms with Crippen LogP contribution in [0.15, 0.2) is 30.6 Å². The summed E-state index contributed by atoms with van der Waals surface area (Å²) in [6.45, 7) is 7.11. The molecule has 1 aromatic carbocycles. The van der Waals surface area contributed by atoms with Crippen LogP contribution in [0.4, 0.5) is 24.8 Å². The molecule has 0 amide bonds. The second-order valence-electron chi connectivity index (χ2n) is 7.69. The van der Waals surface area contributed by atoms with Gasteiger partial charge in [0, 0.05) is 23.6 Å². The van der Waals surface area contributed by atoms with E-state index in [1.807, 2.05) is 29.8 Å². The third kappa shape index (κ3) is 7.90. The summed E-state index contributed by atoms with van der Waals surface area (Å²) in [6.07, 6.45) is 0.682. The lowest BCUT2D eigenvalue weighted by Gasteiger charge is -2.21. The van der Waals surface area contributed by atoms with E-state index in [1.54, 1.807) is 12.3 Å². The average molecular weight is 385 g/mol. The topological polar surface area (TPSA) is 73.1 Å². The van der Waals surface area contributed by atoms with Gasteiger partial charge in [-0.05, 0) is 78.0 Å². The van der Waals surface area contributed by atoms with Crippen molar-refractivity contribution in [3.8, 4) is 0 Å². The first-order chi connectivity index (χ1) is 12.3. The van der Waals surface area contributed by atoms with Crippen molar-refractivity contribution in [1.29, 1.82) is 0 Å². The Hall–Kier alpha value is -2.22. The minimum absolute atomic E-state index is 0.0422. The SMILES string of the molecule is CC(C)(C)n1ccnc1N.CN(C)CCCc1cc(N)cc(C(F)(F)F)c1. The summed E-state index contributed by atoms with van der Waals surface area (Å²) < 4.78 is 39.5. The molecule has 0 radical (unpaired) electrons. The Labute approximate surface area is 159 Å². The van der Waals surface area contributed by atoms with Gasteiger partial charge in [-0.2, -0.15) is 13.2 Å². The van der Waals surface area contributed by atoms with Crippen LogP contribution in [-0.2, 0) is 18.1 Å². The van der Waals surface area contributed by atoms with Crippen LogP contribution in [-0.4, -0.2) is 35.1 Å². The molecule has 8 heteroatoms. The van der Waals surface area contributed by atoms with Crippen LogP contribution in [0.2, 0.25) is 0 Å². The predicted molar refractivity (Wildman–Crippen MR) is 104 cm³/mol. The van der Waals surface area contributed by atoms with Crippen LogP contribution in [0, 0.1) is 0 Å². The van der Waals surface area contributed by atoms with Crippen molar-refractivity contribution in [2.24, 2.45) is 0 Å². The number of imidazole rings is 1. The van der Waals surface area contributed by atoms with Crippen LogP contribution in [0.25, 0.3) is 0 Å². The standard InChI is InChI=1S/C12H17F3N2.C7H13N3/c1-17(2)5-3-4-9-6-10(12(13,14)15)8-11(16)7-9;1-7(2,3)10-5-4-9-6(10)8/h6-8H,3-5,16H2,1-2H3;4-5H,1-3H3,(H2,8,9). The third-order valence-electron chi connectivity index (χ3n) is 3.81. The van der Waals surface area contributed by atoms with Gasteiger partial charge in [-0.1, -0.05) is 0 Å². The van der Waals surface area contributed by atoms with Crippen molar-refractivity contribution >= 4 is 11.6 Å². The quantitative estimate of drug-likeness (QED) is 0.780. The molecule has 4 N–H and O–H groups in total. The fourth-order valence-electron chi connectivity index (χ4n) is 2.51. The van der Waals surface area contributed by atoms with Gasteiger partial charge in [0.25, 0.3) is 0 Å². The van der Waals surface area contributed by atoms with Gasteiger partial charge in [0.05, 0.1) is 5.56 Å². The van der Waals surface area contributed by atoms with Gasteiger partial charge in [-0.25, -0.2) is 4.98 Å². The van der Waals surface area contributed by atoms with Gasteiger partial charge in [-0.15, -0.1) is 0 Å². The largest absolute Gasteiger partial charge is 0.416 e. The summed E-state index contributed by atoms with van der Waals surface area (Å²) in [5, 5.41) is 0. The van der Waals surface area contributed by atoms with E-state index in [4.69, 9.17) is 11.5 Å². The van der Waals surface area contributed by atoms with Gasteiger partial charge in [-0.3, -0.25) is 0 Å². The molecule has 0 aliphatic heterocycles. The van der Waals surface area contributed by atoms with E-state index in [2.05, 4.69) is 25.8 Å². The molecule has 0 fully saturated rings. The van der Waals surface area contributed by atoms with E-state index in [1.165, 1.54) is 6.07 Å². The first-order valence-corrected chi connectivity index (χ1v) is 8.71. The number of aryl methyl sites for hydroxylation is 1. The van der Waals surface area contributed by atoms with Gasteiger partial charge >= 0.3 is 6.18 Å². The summed E-state index contributed by atoms with van der Waals surface area (Å²) in [6, 6.07) is 3.74. The molecule has 0 saturated heterocycles. The van der Waals surface area contributed by atoms with Crippen molar-refractivity contribution in [3.63, 3.8) is 0 Å². The second kappa shape index (κ2) is 9.12. The Morgan fingerprint density at radius 1 is 1.07 bits per heavy atom. The zero-order chi connectivity index (χ0) is 20.8. The summed E-state index contributed by atoms with van der Waals surface area (Å²) in [7, 11) is 3.86. The Morgan fingerprint density at radius 3 is 2.11 bits per heavy atom. The van der Waals surface area contributed by atoms with Crippen molar-refractivity contribution in [1.82, 2.24) is 14.5 Å². The molecule has 0 bridgehead atoms. The summed E-state index contributed by atoms with van der Waals surface area (Å²) >= 11 is 0. The molecule has 5 nitrogen and oxygen atoms in total. The number of hydrogen-bond acceptors (Lipinski definition) is 4. The Balaban J connectivity index is 0.000000309. The highest BCUT2D eigenvalue weighted by Crippen LogP contribution is 2.31. The van der Waals surface area contributed by atoms with Crippen LogP contribution in [0.3, 0.4) is 0 Å². The van der Waals surface area contributed by atoms with E-state index in [0.29, 0.717) is 17.9 Å². The number of halogens is 3. The lowest BCUT2D eigenvalue weighted by molar-refractivity contribution is -0.137. The first-order valence-electron chi connectivity index (χ1n) is 8.71. The Morgan fingerprint density at radius 2 is 1.70 bits per heavy atom. The first kappa shape index (κ1) is 22.8. The molecule has 0 atom stereocenters. The molecule has 27 heavy (non-hydrogen) atoms. The van der Waals surface area contributed by atoms with Crippen molar-refractivity contribution in [2.45, 2.75) is 45.3 Å². The van der Waals surface area contributed by atoms with Gasteiger partial charge in [0.1, 0.15) is 0 Å². The highest BCUT2D eigenvalue weighted by Gasteiger charge is 2.30. The van der Waals surface area contributed by atoms with E-state index in [-0.39, 0.29) is 11.2 Å². The molecular weight excluding hydrogens is 355 g/mol. The molecule has 2 rings (SSSR count). The number of aromatic nitrogens is 2. The molecule has 0 spiro atoms. The molecule has 0 aliphatic carbocycles. The summed E-state index contributed by atoms with van der Waals surface area (Å²) in [5.74, 6) is 0.576. The number of alkyl halides is 3. The zero-order valence-corrected chi connectivity index (χ0v) is 16.6. The van der Waals surface area contributed by atoms with E-state index >= 15 is 0 Å². The normalized spacial score (nSPS) is 12.0. The van der Waals surface area contributed by atoms with Crippen LogP contribution in [0.5, 0.6) is 0 Å². The fraction of sp³-hybridized carbons (Fsp3) is 0.526. The number of rotatable bonds is 4. The number of nitrogen functional groups attached to an aromatic ring is 2. The van der Waals surface area contributed by atoms with E-state index in [0.717, 1.165) is 19.0 Å². The summed E-state index contributed by atoms with van der Waals surface area (Å²) in [5.41, 5.74) is 11.2. The van der Waals surface area contributed by atoms with Crippen molar-refractivity contribution in [3.05, 3.63) is 41.7 Å². The summed E-state index contributed by atoms with van der Waals surface area (Å²) in [4.78, 5) is 5.92. The molecule has 0 unspecified atom stereocenters. The molecule has 1 aromatic heterocycles. The van der Waals surface area contributed by atoms with Gasteiger partial charge < -0.3 is 20.9 Å². The molecule has 1 heterocycles. The second-order valence-corrected chi connectivity index (χ2v) is 7.69. The molecule has 0 saturated carbocycles. The minimum atomic E-state index is -4.33. The van der Waals surface area contributed by atoms with Gasteiger partial charge in [0.15, 0.2) is 0 Å². The van der Waals surface area contributed by atoms with E-state index < -0.39 is 11.7 Å². The molecule has 0 aliphatic rings. The van der Waals surface area contributed by atoms with Crippen LogP contribution in [0.1, 0.15) is 38.3 Å². The number of nitrogens with two attached hydrogens (primary N) is 2. The monoisotopic (exact) mass is 385 g/mol. The lowest BCUT2D eigenvalue weighted by atomic mass is 10.0. The van der Waals surface area contributed by atoms with Crippen molar-refractivity contribution in [2.75, 3.05) is 32.1 Å². The highest BCUT2D eigenvalue weighted by atomic mass is 19.4. The number of nitrogens with zero attached hydrogens (tertiary/aromatic N) is 3. The fourth-order valence-corrected chi connectivity index (χ4v) is 2.51. The van der Waals surface area contributed by atoms with E-state index in [9.17, 15) is 13.2 Å². The number of anilines is 2. The minimum Gasteiger partial charge on any atom is -0.399 e. The Bertz CT molecular complexity index is 715. The maximum Gasteiger partial charge on any atom is 0.416 e. The number of benzene rings is 1. The zero-order valence-electron chi connectivity index (χ0n) is 16.6. The van der Waals surface area contributed by atoms with Crippen LogP contribution < -0.4 is 11.5 Å². The number of hydrogen-bond donors (Lipinski definition) is 2. The van der Waals surface area contributed by atoms with Crippen molar-refractivity contribution < 1.29 is 13.2 Å².